The molecule has 0 bridgehead atoms. The third-order valence-electron chi connectivity index (χ3n) is 3.70. The summed E-state index contributed by atoms with van der Waals surface area (Å²) in [5, 5.41) is 4.12. The molecule has 22 heavy (non-hydrogen) atoms. The summed E-state index contributed by atoms with van der Waals surface area (Å²) in [4.78, 5) is 32.7. The maximum atomic E-state index is 12.8. The number of nitrogens with one attached hydrogen (secondary N) is 1. The van der Waals surface area contributed by atoms with E-state index in [0.29, 0.717) is 15.9 Å². The summed E-state index contributed by atoms with van der Waals surface area (Å²) in [7, 11) is 0. The van der Waals surface area contributed by atoms with Crippen LogP contribution in [0.1, 0.15) is 5.56 Å². The minimum Gasteiger partial charge on any atom is -0.298 e. The molecule has 3 heterocycles. The molecule has 0 aliphatic rings. The summed E-state index contributed by atoms with van der Waals surface area (Å²) in [6, 6.07) is 7.55. The van der Waals surface area contributed by atoms with Crippen molar-refractivity contribution in [2.24, 2.45) is 0 Å². The second kappa shape index (κ2) is 4.64. The van der Waals surface area contributed by atoms with Crippen LogP contribution < -0.4 is 11.2 Å². The molecule has 108 valence electrons. The van der Waals surface area contributed by atoms with Crippen LogP contribution in [0.4, 0.5) is 0 Å². The molecule has 0 aliphatic heterocycles. The first-order valence-corrected chi connectivity index (χ1v) is 7.61. The number of aryl methyl sites for hydroxylation is 1. The fourth-order valence-electron chi connectivity index (χ4n) is 2.66. The summed E-state index contributed by atoms with van der Waals surface area (Å²) < 4.78 is 1.16. The molecule has 3 aromatic heterocycles. The molecular weight excluding hydrogens is 298 g/mol. The van der Waals surface area contributed by atoms with Gasteiger partial charge in [-0.2, -0.15) is 0 Å². The van der Waals surface area contributed by atoms with Gasteiger partial charge in [-0.25, -0.2) is 9.36 Å². The number of hydrogen-bond donors (Lipinski definition) is 1. The Morgan fingerprint density at radius 2 is 2.00 bits per heavy atom. The van der Waals surface area contributed by atoms with E-state index in [9.17, 15) is 9.59 Å². The van der Waals surface area contributed by atoms with Crippen molar-refractivity contribution in [1.82, 2.24) is 14.5 Å². The number of benzene rings is 1. The van der Waals surface area contributed by atoms with Crippen LogP contribution in [0.5, 0.6) is 0 Å². The molecule has 0 amide bonds. The maximum Gasteiger partial charge on any atom is 0.334 e. The van der Waals surface area contributed by atoms with Gasteiger partial charge in [0.2, 0.25) is 0 Å². The molecule has 0 aliphatic carbocycles. The smallest absolute Gasteiger partial charge is 0.298 e. The fourth-order valence-corrected chi connectivity index (χ4v) is 3.58. The van der Waals surface area contributed by atoms with Gasteiger partial charge in [-0.05, 0) is 17.9 Å². The zero-order chi connectivity index (χ0) is 15.3. The van der Waals surface area contributed by atoms with Crippen LogP contribution in [0.2, 0.25) is 0 Å². The Kier molecular flexibility index (Phi) is 2.74. The zero-order valence-corrected chi connectivity index (χ0v) is 12.5. The van der Waals surface area contributed by atoms with Gasteiger partial charge in [0.25, 0.3) is 5.56 Å². The molecule has 0 unspecified atom stereocenters. The van der Waals surface area contributed by atoms with E-state index in [4.69, 9.17) is 0 Å². The number of pyridine rings is 1. The number of aromatic amines is 1. The Hall–Kier alpha value is -2.73. The Morgan fingerprint density at radius 1 is 1.18 bits per heavy atom. The van der Waals surface area contributed by atoms with Crippen LogP contribution in [0.25, 0.3) is 26.7 Å². The molecule has 1 aromatic carbocycles. The Labute approximate surface area is 128 Å². The topological polar surface area (TPSA) is 67.8 Å². The minimum atomic E-state index is -0.447. The van der Waals surface area contributed by atoms with Gasteiger partial charge in [0.1, 0.15) is 4.83 Å². The second-order valence-corrected chi connectivity index (χ2v) is 5.95. The van der Waals surface area contributed by atoms with E-state index in [1.807, 2.05) is 36.6 Å². The van der Waals surface area contributed by atoms with Crippen LogP contribution in [0, 0.1) is 6.92 Å². The largest absolute Gasteiger partial charge is 0.334 e. The third-order valence-corrected chi connectivity index (χ3v) is 4.72. The number of hydrogen-bond acceptors (Lipinski definition) is 4. The van der Waals surface area contributed by atoms with Crippen molar-refractivity contribution >= 4 is 32.3 Å². The van der Waals surface area contributed by atoms with Crippen LogP contribution in [-0.2, 0) is 0 Å². The molecule has 0 saturated heterocycles. The number of fused-ring (bicyclic) bond motifs is 2. The van der Waals surface area contributed by atoms with E-state index in [1.54, 1.807) is 12.4 Å². The standard InChI is InChI=1S/C16H11N3O2S/c1-9-8-22-14-13(9)15(20)19(16(21)18-14)12-7-17-6-10-4-2-3-5-11(10)12/h2-8H,1H3,(H,18,21). The van der Waals surface area contributed by atoms with E-state index in [1.165, 1.54) is 11.3 Å². The molecule has 0 radical (unpaired) electrons. The molecule has 0 fully saturated rings. The Bertz CT molecular complexity index is 1130. The normalized spacial score (nSPS) is 11.3. The highest BCUT2D eigenvalue weighted by atomic mass is 32.1. The van der Waals surface area contributed by atoms with Crippen LogP contribution in [0.15, 0.2) is 51.6 Å². The van der Waals surface area contributed by atoms with Crippen molar-refractivity contribution in [1.29, 1.82) is 0 Å². The van der Waals surface area contributed by atoms with E-state index < -0.39 is 5.69 Å². The van der Waals surface area contributed by atoms with Crippen molar-refractivity contribution in [2.45, 2.75) is 6.92 Å². The average molecular weight is 309 g/mol. The molecule has 4 rings (SSSR count). The number of rotatable bonds is 1. The molecule has 1 N–H and O–H groups in total. The molecule has 0 saturated carbocycles. The van der Waals surface area contributed by atoms with Crippen LogP contribution in [-0.4, -0.2) is 14.5 Å². The summed E-state index contributed by atoms with van der Waals surface area (Å²) in [6.45, 7) is 1.87. The first kappa shape index (κ1) is 13.0. The van der Waals surface area contributed by atoms with Gasteiger partial charge in [-0.3, -0.25) is 14.8 Å². The molecule has 5 nitrogen and oxygen atoms in total. The lowest BCUT2D eigenvalue weighted by Crippen LogP contribution is -2.33. The summed E-state index contributed by atoms with van der Waals surface area (Å²) >= 11 is 1.37. The van der Waals surface area contributed by atoms with Gasteiger partial charge >= 0.3 is 5.69 Å². The highest BCUT2D eigenvalue weighted by Crippen LogP contribution is 2.21. The highest BCUT2D eigenvalue weighted by Gasteiger charge is 2.14. The lowest BCUT2D eigenvalue weighted by Gasteiger charge is -2.08. The van der Waals surface area contributed by atoms with Crippen molar-refractivity contribution in [2.75, 3.05) is 0 Å². The van der Waals surface area contributed by atoms with Gasteiger partial charge in [0.05, 0.1) is 17.3 Å². The van der Waals surface area contributed by atoms with Crippen molar-refractivity contribution in [3.05, 3.63) is 68.4 Å². The second-order valence-electron chi connectivity index (χ2n) is 5.07. The lowest BCUT2D eigenvalue weighted by molar-refractivity contribution is 0.904. The Balaban J connectivity index is 2.20. The Morgan fingerprint density at radius 3 is 2.86 bits per heavy atom. The van der Waals surface area contributed by atoms with Crippen molar-refractivity contribution in [3.63, 3.8) is 0 Å². The monoisotopic (exact) mass is 309 g/mol. The van der Waals surface area contributed by atoms with E-state index >= 15 is 0 Å². The van der Waals surface area contributed by atoms with Gasteiger partial charge in [0, 0.05) is 17.0 Å². The summed E-state index contributed by atoms with van der Waals surface area (Å²) in [5.41, 5.74) is 0.605. The van der Waals surface area contributed by atoms with Gasteiger partial charge < -0.3 is 0 Å². The summed E-state index contributed by atoms with van der Waals surface area (Å²) in [5.74, 6) is 0. The molecular formula is C16H11N3O2S. The fraction of sp³-hybridized carbons (Fsp3) is 0.0625. The molecule has 4 aromatic rings. The first-order chi connectivity index (χ1) is 10.7. The van der Waals surface area contributed by atoms with Crippen molar-refractivity contribution in [3.8, 4) is 5.69 Å². The van der Waals surface area contributed by atoms with E-state index in [-0.39, 0.29) is 5.56 Å². The summed E-state index contributed by atoms with van der Waals surface area (Å²) in [6.07, 6.45) is 3.26. The maximum absolute atomic E-state index is 12.8. The molecule has 0 spiro atoms. The zero-order valence-electron chi connectivity index (χ0n) is 11.7. The lowest BCUT2D eigenvalue weighted by atomic mass is 10.1. The number of aromatic nitrogens is 3. The van der Waals surface area contributed by atoms with Crippen molar-refractivity contribution < 1.29 is 0 Å². The van der Waals surface area contributed by atoms with Gasteiger partial charge in [-0.1, -0.05) is 24.3 Å². The molecule has 6 heteroatoms. The van der Waals surface area contributed by atoms with E-state index in [0.717, 1.165) is 20.9 Å². The van der Waals surface area contributed by atoms with Crippen LogP contribution in [0.3, 0.4) is 0 Å². The van der Waals surface area contributed by atoms with Gasteiger partial charge in [-0.15, -0.1) is 11.3 Å². The van der Waals surface area contributed by atoms with Gasteiger partial charge in [0.15, 0.2) is 0 Å². The minimum absolute atomic E-state index is 0.310. The number of nitrogens with zero attached hydrogens (tertiary/aromatic N) is 2. The predicted octanol–water partition coefficient (Wildman–Crippen LogP) is 2.60. The first-order valence-electron chi connectivity index (χ1n) is 6.73. The van der Waals surface area contributed by atoms with E-state index in [2.05, 4.69) is 9.97 Å². The number of thiophene rings is 1. The third kappa shape index (κ3) is 1.74. The molecule has 0 atom stereocenters. The highest BCUT2D eigenvalue weighted by molar-refractivity contribution is 7.16. The number of H-pyrrole nitrogens is 1. The quantitative estimate of drug-likeness (QED) is 0.587. The predicted molar refractivity (Wildman–Crippen MR) is 88.1 cm³/mol. The SMILES string of the molecule is Cc1csc2[nH]c(=O)n(-c3cncc4ccccc34)c(=O)c12. The van der Waals surface area contributed by atoms with Crippen LogP contribution >= 0.6 is 11.3 Å². The average Bonchev–Trinajstić information content (AvgIpc) is 2.88.